The molecule has 0 saturated carbocycles. The van der Waals surface area contributed by atoms with E-state index in [2.05, 4.69) is 5.32 Å². The predicted octanol–water partition coefficient (Wildman–Crippen LogP) is 5.20. The lowest BCUT2D eigenvalue weighted by Crippen LogP contribution is -2.37. The molecule has 186 valence electrons. The summed E-state index contributed by atoms with van der Waals surface area (Å²) in [6.07, 6.45) is 1.76. The van der Waals surface area contributed by atoms with E-state index in [0.717, 1.165) is 12.8 Å². The van der Waals surface area contributed by atoms with Crippen molar-refractivity contribution in [2.75, 3.05) is 25.0 Å². The van der Waals surface area contributed by atoms with E-state index in [-0.39, 0.29) is 22.6 Å². The minimum absolute atomic E-state index is 0.163. The van der Waals surface area contributed by atoms with Crippen molar-refractivity contribution in [3.63, 3.8) is 0 Å². The van der Waals surface area contributed by atoms with Crippen molar-refractivity contribution in [1.29, 1.82) is 0 Å². The van der Waals surface area contributed by atoms with Crippen molar-refractivity contribution >= 4 is 27.6 Å². The number of esters is 1. The number of sulfonamides is 1. The van der Waals surface area contributed by atoms with Gasteiger partial charge in [0.2, 0.25) is 10.0 Å². The summed E-state index contributed by atoms with van der Waals surface area (Å²) < 4.78 is 32.9. The van der Waals surface area contributed by atoms with E-state index >= 15 is 0 Å². The van der Waals surface area contributed by atoms with Gasteiger partial charge in [-0.1, -0.05) is 41.0 Å². The Bertz CT molecular complexity index is 1040. The first-order valence-electron chi connectivity index (χ1n) is 11.7. The van der Waals surface area contributed by atoms with Gasteiger partial charge in [0.15, 0.2) is 0 Å². The predicted molar refractivity (Wildman–Crippen MR) is 134 cm³/mol. The van der Waals surface area contributed by atoms with E-state index in [1.54, 1.807) is 24.3 Å². The minimum Gasteiger partial charge on any atom is -0.462 e. The normalized spacial score (nSPS) is 11.8. The Morgan fingerprint density at radius 1 is 0.882 bits per heavy atom. The summed E-state index contributed by atoms with van der Waals surface area (Å²) in [5, 5.41) is 2.76. The molecule has 0 aliphatic carbocycles. The molecule has 0 fully saturated rings. The van der Waals surface area contributed by atoms with Gasteiger partial charge in [-0.25, -0.2) is 13.2 Å². The molecule has 0 heterocycles. The van der Waals surface area contributed by atoms with Crippen LogP contribution in [0.5, 0.6) is 0 Å². The van der Waals surface area contributed by atoms with Crippen LogP contribution in [0.1, 0.15) is 68.2 Å². The molecule has 0 atom stereocenters. The molecule has 2 rings (SSSR count). The Morgan fingerprint density at radius 2 is 1.41 bits per heavy atom. The summed E-state index contributed by atoms with van der Waals surface area (Å²) in [5.74, 6) is -0.373. The zero-order valence-electron chi connectivity index (χ0n) is 20.7. The number of carbonyl (C=O) groups excluding carboxylic acids is 2. The first-order valence-corrected chi connectivity index (χ1v) is 13.2. The maximum atomic E-state index is 13.1. The second kappa shape index (κ2) is 12.7. The topological polar surface area (TPSA) is 92.8 Å². The van der Waals surface area contributed by atoms with Crippen LogP contribution in [0.25, 0.3) is 0 Å². The zero-order chi connectivity index (χ0) is 25.3. The van der Waals surface area contributed by atoms with Gasteiger partial charge in [-0.3, -0.25) is 4.79 Å². The van der Waals surface area contributed by atoms with Crippen LogP contribution in [0.3, 0.4) is 0 Å². The van der Waals surface area contributed by atoms with E-state index in [9.17, 15) is 18.0 Å². The third-order valence-corrected chi connectivity index (χ3v) is 6.85. The number of hydrogen-bond acceptors (Lipinski definition) is 5. The highest BCUT2D eigenvalue weighted by atomic mass is 32.2. The number of unbranched alkanes of at least 4 members (excludes halogenated alkanes) is 1. The largest absolute Gasteiger partial charge is 0.462 e. The van der Waals surface area contributed by atoms with E-state index in [0.29, 0.717) is 36.5 Å². The summed E-state index contributed by atoms with van der Waals surface area (Å²) in [5.41, 5.74) is 1.27. The average Bonchev–Trinajstić information content (AvgIpc) is 2.78. The van der Waals surface area contributed by atoms with E-state index < -0.39 is 16.0 Å². The quantitative estimate of drug-likeness (QED) is 0.327. The number of nitrogens with zero attached hydrogens (tertiary/aromatic N) is 1. The monoisotopic (exact) mass is 488 g/mol. The molecule has 0 unspecified atom stereocenters. The molecule has 1 amide bonds. The van der Waals surface area contributed by atoms with E-state index in [1.165, 1.54) is 28.6 Å². The molecule has 0 aliphatic rings. The lowest BCUT2D eigenvalue weighted by molar-refractivity contribution is 0.0499. The van der Waals surface area contributed by atoms with Crippen LogP contribution >= 0.6 is 0 Å². The summed E-state index contributed by atoms with van der Waals surface area (Å²) in [6, 6.07) is 12.4. The number of anilines is 1. The van der Waals surface area contributed by atoms with Gasteiger partial charge in [-0.15, -0.1) is 0 Å². The van der Waals surface area contributed by atoms with Crippen molar-refractivity contribution < 1.29 is 22.7 Å². The molecule has 0 aliphatic heterocycles. The molecule has 8 heteroatoms. The van der Waals surface area contributed by atoms with Crippen molar-refractivity contribution in [1.82, 2.24) is 4.31 Å². The smallest absolute Gasteiger partial charge is 0.338 e. The van der Waals surface area contributed by atoms with Crippen molar-refractivity contribution in [2.24, 2.45) is 11.8 Å². The molecule has 0 bridgehead atoms. The zero-order valence-corrected chi connectivity index (χ0v) is 21.5. The van der Waals surface area contributed by atoms with Crippen LogP contribution in [0.4, 0.5) is 5.69 Å². The van der Waals surface area contributed by atoms with Crippen LogP contribution in [-0.4, -0.2) is 44.3 Å². The molecular weight excluding hydrogens is 452 g/mol. The molecule has 2 aromatic rings. The van der Waals surface area contributed by atoms with Crippen molar-refractivity contribution in [2.45, 2.75) is 52.4 Å². The number of nitrogens with one attached hydrogen (secondary N) is 1. The van der Waals surface area contributed by atoms with Gasteiger partial charge in [0.25, 0.3) is 5.91 Å². The Labute approximate surface area is 203 Å². The molecular formula is C26H36N2O5S. The standard InChI is InChI=1S/C26H36N2O5S/c1-6-7-16-33-26(30)22-8-12-23(13-9-22)27-25(29)21-10-14-24(15-11-21)34(31,32)28(17-19(2)3)18-20(4)5/h8-15,19-20H,6-7,16-18H2,1-5H3,(H,27,29). The minimum atomic E-state index is -3.66. The molecule has 0 aromatic heterocycles. The molecule has 34 heavy (non-hydrogen) atoms. The lowest BCUT2D eigenvalue weighted by atomic mass is 10.2. The number of carbonyl (C=O) groups is 2. The van der Waals surface area contributed by atoms with Crippen LogP contribution in [-0.2, 0) is 14.8 Å². The Morgan fingerprint density at radius 3 is 1.91 bits per heavy atom. The molecule has 0 saturated heterocycles. The first kappa shape index (κ1) is 27.5. The molecule has 0 radical (unpaired) electrons. The summed E-state index contributed by atoms with van der Waals surface area (Å²) in [6.45, 7) is 11.2. The van der Waals surface area contributed by atoms with Gasteiger partial charge >= 0.3 is 5.97 Å². The third kappa shape index (κ3) is 7.95. The van der Waals surface area contributed by atoms with E-state index in [1.807, 2.05) is 34.6 Å². The highest BCUT2D eigenvalue weighted by molar-refractivity contribution is 7.89. The van der Waals surface area contributed by atoms with Crippen molar-refractivity contribution in [3.05, 3.63) is 59.7 Å². The SMILES string of the molecule is CCCCOC(=O)c1ccc(NC(=O)c2ccc(S(=O)(=O)N(CC(C)C)CC(C)C)cc2)cc1. The first-order chi connectivity index (χ1) is 16.0. The van der Waals surface area contributed by atoms with Gasteiger partial charge in [0, 0.05) is 24.3 Å². The highest BCUT2D eigenvalue weighted by Crippen LogP contribution is 2.20. The molecule has 1 N–H and O–H groups in total. The second-order valence-corrected chi connectivity index (χ2v) is 11.1. The Hall–Kier alpha value is -2.71. The van der Waals surface area contributed by atoms with Crippen LogP contribution in [0, 0.1) is 11.8 Å². The van der Waals surface area contributed by atoms with E-state index in [4.69, 9.17) is 4.74 Å². The lowest BCUT2D eigenvalue weighted by Gasteiger charge is -2.25. The van der Waals surface area contributed by atoms with Gasteiger partial charge in [0.1, 0.15) is 0 Å². The van der Waals surface area contributed by atoms with Gasteiger partial charge in [-0.05, 0) is 66.8 Å². The average molecular weight is 489 g/mol. The number of hydrogen-bond donors (Lipinski definition) is 1. The second-order valence-electron chi connectivity index (χ2n) is 9.16. The Kier molecular flexibility index (Phi) is 10.3. The molecule has 2 aromatic carbocycles. The van der Waals surface area contributed by atoms with Crippen LogP contribution in [0.2, 0.25) is 0 Å². The highest BCUT2D eigenvalue weighted by Gasteiger charge is 2.26. The van der Waals surface area contributed by atoms with Crippen LogP contribution < -0.4 is 5.32 Å². The molecule has 7 nitrogen and oxygen atoms in total. The van der Waals surface area contributed by atoms with Crippen molar-refractivity contribution in [3.8, 4) is 0 Å². The van der Waals surface area contributed by atoms with Crippen LogP contribution in [0.15, 0.2) is 53.4 Å². The molecule has 0 spiro atoms. The number of ether oxygens (including phenoxy) is 1. The number of rotatable bonds is 12. The fraction of sp³-hybridized carbons (Fsp3) is 0.462. The summed E-state index contributed by atoms with van der Waals surface area (Å²) in [7, 11) is -3.66. The maximum absolute atomic E-state index is 13.1. The van der Waals surface area contributed by atoms with Gasteiger partial charge < -0.3 is 10.1 Å². The van der Waals surface area contributed by atoms with Gasteiger partial charge in [0.05, 0.1) is 17.1 Å². The Balaban J connectivity index is 2.07. The fourth-order valence-electron chi connectivity index (χ4n) is 3.30. The summed E-state index contributed by atoms with van der Waals surface area (Å²) in [4.78, 5) is 24.8. The fourth-order valence-corrected chi connectivity index (χ4v) is 5.07. The number of benzene rings is 2. The summed E-state index contributed by atoms with van der Waals surface area (Å²) >= 11 is 0. The van der Waals surface area contributed by atoms with Gasteiger partial charge in [-0.2, -0.15) is 4.31 Å². The third-order valence-electron chi connectivity index (χ3n) is 5.00. The number of amides is 1. The maximum Gasteiger partial charge on any atom is 0.338 e.